The van der Waals surface area contributed by atoms with Crippen molar-refractivity contribution < 1.29 is 17.9 Å². The number of amides is 1. The van der Waals surface area contributed by atoms with Crippen molar-refractivity contribution in [3.05, 3.63) is 23.2 Å². The van der Waals surface area contributed by atoms with E-state index in [4.69, 9.17) is 16.3 Å². The molecule has 0 atom stereocenters. The molecule has 0 unspecified atom stereocenters. The van der Waals surface area contributed by atoms with Gasteiger partial charge in [-0.05, 0) is 32.0 Å². The monoisotopic (exact) mass is 374 g/mol. The summed E-state index contributed by atoms with van der Waals surface area (Å²) in [5.41, 5.74) is 0. The molecule has 0 spiro atoms. The van der Waals surface area contributed by atoms with Crippen LogP contribution in [0.1, 0.15) is 27.2 Å². The minimum atomic E-state index is -3.63. The largest absolute Gasteiger partial charge is 0.489 e. The SMILES string of the molecule is CCC(=O)N1CCN(S(=O)(=O)c2ccc(OC(C)C)c(Cl)c2)CC1. The number of benzene rings is 1. The average molecular weight is 375 g/mol. The van der Waals surface area contributed by atoms with Crippen LogP contribution in [-0.2, 0) is 14.8 Å². The molecular weight excluding hydrogens is 352 g/mol. The highest BCUT2D eigenvalue weighted by Crippen LogP contribution is 2.29. The van der Waals surface area contributed by atoms with Gasteiger partial charge in [-0.25, -0.2) is 8.42 Å². The second-order valence-corrected chi connectivity index (χ2v) is 8.24. The van der Waals surface area contributed by atoms with Crippen LogP contribution in [-0.4, -0.2) is 55.8 Å². The first-order chi connectivity index (χ1) is 11.3. The normalized spacial score (nSPS) is 16.5. The molecule has 1 fully saturated rings. The van der Waals surface area contributed by atoms with Crippen molar-refractivity contribution in [2.75, 3.05) is 26.2 Å². The third-order valence-electron chi connectivity index (χ3n) is 3.80. The Kier molecular flexibility index (Phi) is 6.11. The van der Waals surface area contributed by atoms with Gasteiger partial charge < -0.3 is 9.64 Å². The standard InChI is InChI=1S/C16H23ClN2O4S/c1-4-16(20)18-7-9-19(10-8-18)24(21,22)13-5-6-15(14(17)11-13)23-12(2)3/h5-6,11-12H,4,7-10H2,1-3H3. The van der Waals surface area contributed by atoms with Crippen LogP contribution < -0.4 is 4.74 Å². The fourth-order valence-electron chi connectivity index (χ4n) is 2.54. The van der Waals surface area contributed by atoms with Crippen LogP contribution in [0, 0.1) is 0 Å². The van der Waals surface area contributed by atoms with Gasteiger partial charge in [0.2, 0.25) is 15.9 Å². The lowest BCUT2D eigenvalue weighted by Gasteiger charge is -2.34. The maximum absolute atomic E-state index is 12.7. The van der Waals surface area contributed by atoms with E-state index in [1.807, 2.05) is 13.8 Å². The predicted octanol–water partition coefficient (Wildman–Crippen LogP) is 2.37. The van der Waals surface area contributed by atoms with Crippen LogP contribution in [0.25, 0.3) is 0 Å². The predicted molar refractivity (Wildman–Crippen MR) is 92.8 cm³/mol. The molecule has 0 bridgehead atoms. The van der Waals surface area contributed by atoms with E-state index in [1.165, 1.54) is 16.4 Å². The van der Waals surface area contributed by atoms with Gasteiger partial charge in [-0.1, -0.05) is 18.5 Å². The number of carbonyl (C=O) groups is 1. The zero-order valence-electron chi connectivity index (χ0n) is 14.2. The number of ether oxygens (including phenoxy) is 1. The van der Waals surface area contributed by atoms with Crippen LogP contribution in [0.4, 0.5) is 0 Å². The molecule has 0 N–H and O–H groups in total. The van der Waals surface area contributed by atoms with E-state index in [0.29, 0.717) is 25.3 Å². The van der Waals surface area contributed by atoms with Crippen molar-refractivity contribution in [1.82, 2.24) is 9.21 Å². The molecule has 0 aliphatic carbocycles. The molecule has 1 heterocycles. The Labute approximate surface area is 148 Å². The van der Waals surface area contributed by atoms with Crippen molar-refractivity contribution in [3.8, 4) is 5.75 Å². The Morgan fingerprint density at radius 1 is 1.25 bits per heavy atom. The lowest BCUT2D eigenvalue weighted by molar-refractivity contribution is -0.132. The minimum absolute atomic E-state index is 0.0466. The van der Waals surface area contributed by atoms with Crippen molar-refractivity contribution in [2.24, 2.45) is 0 Å². The molecule has 1 aliphatic rings. The Hall–Kier alpha value is -1.31. The van der Waals surface area contributed by atoms with Crippen LogP contribution in [0.5, 0.6) is 5.75 Å². The molecule has 0 radical (unpaired) electrons. The number of halogens is 1. The summed E-state index contributed by atoms with van der Waals surface area (Å²) in [5.74, 6) is 0.509. The van der Waals surface area contributed by atoms with Crippen molar-refractivity contribution in [3.63, 3.8) is 0 Å². The second kappa shape index (κ2) is 7.72. The zero-order valence-corrected chi connectivity index (χ0v) is 15.7. The highest BCUT2D eigenvalue weighted by molar-refractivity contribution is 7.89. The van der Waals surface area contributed by atoms with E-state index in [-0.39, 0.29) is 35.0 Å². The molecule has 1 saturated heterocycles. The number of hydrogen-bond donors (Lipinski definition) is 0. The van der Waals surface area contributed by atoms with E-state index >= 15 is 0 Å². The Balaban J connectivity index is 2.14. The lowest BCUT2D eigenvalue weighted by atomic mass is 10.3. The first-order valence-corrected chi connectivity index (χ1v) is 9.81. The zero-order chi connectivity index (χ0) is 17.9. The number of hydrogen-bond acceptors (Lipinski definition) is 4. The molecule has 134 valence electrons. The van der Waals surface area contributed by atoms with E-state index in [9.17, 15) is 13.2 Å². The Morgan fingerprint density at radius 2 is 1.88 bits per heavy atom. The summed E-state index contributed by atoms with van der Waals surface area (Å²) in [6.45, 7) is 6.94. The lowest BCUT2D eigenvalue weighted by Crippen LogP contribution is -2.50. The highest BCUT2D eigenvalue weighted by Gasteiger charge is 2.30. The molecule has 1 aromatic carbocycles. The summed E-state index contributed by atoms with van der Waals surface area (Å²) in [6.07, 6.45) is 0.383. The average Bonchev–Trinajstić information content (AvgIpc) is 2.55. The van der Waals surface area contributed by atoms with E-state index in [2.05, 4.69) is 0 Å². The van der Waals surface area contributed by atoms with Crippen molar-refractivity contribution in [2.45, 2.75) is 38.2 Å². The molecule has 0 aromatic heterocycles. The van der Waals surface area contributed by atoms with Gasteiger partial charge in [0.25, 0.3) is 0 Å². The van der Waals surface area contributed by atoms with Crippen LogP contribution in [0.15, 0.2) is 23.1 Å². The summed E-state index contributed by atoms with van der Waals surface area (Å²) in [6, 6.07) is 4.49. The van der Waals surface area contributed by atoms with Crippen LogP contribution >= 0.6 is 11.6 Å². The first-order valence-electron chi connectivity index (χ1n) is 7.99. The van der Waals surface area contributed by atoms with E-state index in [1.54, 1.807) is 17.9 Å². The van der Waals surface area contributed by atoms with Crippen LogP contribution in [0.3, 0.4) is 0 Å². The summed E-state index contributed by atoms with van der Waals surface area (Å²) >= 11 is 6.14. The third kappa shape index (κ3) is 4.20. The molecule has 1 amide bonds. The van der Waals surface area contributed by atoms with Gasteiger partial charge in [0.05, 0.1) is 16.0 Å². The quantitative estimate of drug-likeness (QED) is 0.793. The van der Waals surface area contributed by atoms with Gasteiger partial charge in [-0.2, -0.15) is 4.31 Å². The van der Waals surface area contributed by atoms with Gasteiger partial charge in [-0.3, -0.25) is 4.79 Å². The molecule has 1 aliphatic heterocycles. The molecule has 24 heavy (non-hydrogen) atoms. The smallest absolute Gasteiger partial charge is 0.243 e. The molecular formula is C16H23ClN2O4S. The number of nitrogens with zero attached hydrogens (tertiary/aromatic N) is 2. The van der Waals surface area contributed by atoms with Gasteiger partial charge in [0.15, 0.2) is 0 Å². The van der Waals surface area contributed by atoms with Gasteiger partial charge in [-0.15, -0.1) is 0 Å². The molecule has 0 saturated carbocycles. The van der Waals surface area contributed by atoms with E-state index < -0.39 is 10.0 Å². The van der Waals surface area contributed by atoms with Gasteiger partial charge in [0.1, 0.15) is 5.75 Å². The number of piperazine rings is 1. The maximum atomic E-state index is 12.7. The Bertz CT molecular complexity index is 698. The van der Waals surface area contributed by atoms with E-state index in [0.717, 1.165) is 0 Å². The summed E-state index contributed by atoms with van der Waals surface area (Å²) in [4.78, 5) is 13.5. The first kappa shape index (κ1) is 19.0. The molecule has 2 rings (SSSR count). The summed E-state index contributed by atoms with van der Waals surface area (Å²) in [5, 5.41) is 0.268. The highest BCUT2D eigenvalue weighted by atomic mass is 35.5. The Morgan fingerprint density at radius 3 is 2.38 bits per heavy atom. The van der Waals surface area contributed by atoms with Crippen LogP contribution in [0.2, 0.25) is 5.02 Å². The number of sulfonamides is 1. The molecule has 6 nitrogen and oxygen atoms in total. The number of rotatable bonds is 5. The topological polar surface area (TPSA) is 66.9 Å². The van der Waals surface area contributed by atoms with Crippen molar-refractivity contribution in [1.29, 1.82) is 0 Å². The summed E-state index contributed by atoms with van der Waals surface area (Å²) in [7, 11) is -3.63. The molecule has 1 aromatic rings. The fourth-order valence-corrected chi connectivity index (χ4v) is 4.28. The van der Waals surface area contributed by atoms with Gasteiger partial charge in [0, 0.05) is 32.6 Å². The second-order valence-electron chi connectivity index (χ2n) is 5.90. The third-order valence-corrected chi connectivity index (χ3v) is 5.99. The number of carbonyl (C=O) groups excluding carboxylic acids is 1. The fraction of sp³-hybridized carbons (Fsp3) is 0.562. The van der Waals surface area contributed by atoms with Gasteiger partial charge >= 0.3 is 0 Å². The maximum Gasteiger partial charge on any atom is 0.243 e. The minimum Gasteiger partial charge on any atom is -0.489 e. The summed E-state index contributed by atoms with van der Waals surface area (Å²) < 4.78 is 32.4. The van der Waals surface area contributed by atoms with Crippen molar-refractivity contribution >= 4 is 27.5 Å². The molecule has 8 heteroatoms.